The van der Waals surface area contributed by atoms with Crippen molar-refractivity contribution in [1.29, 1.82) is 0 Å². The number of rotatable bonds is 6. The Morgan fingerprint density at radius 2 is 1.84 bits per heavy atom. The maximum absolute atomic E-state index is 12.7. The molecular formula is C18H25NO5S. The molecule has 138 valence electrons. The molecule has 1 fully saturated rings. The first-order chi connectivity index (χ1) is 11.9. The minimum atomic E-state index is -0.930. The lowest BCUT2D eigenvalue weighted by Crippen LogP contribution is -2.36. The number of esters is 1. The van der Waals surface area contributed by atoms with Crippen molar-refractivity contribution in [3.8, 4) is 0 Å². The number of aryl methyl sites for hydroxylation is 1. The van der Waals surface area contributed by atoms with E-state index in [1.165, 1.54) is 11.3 Å². The summed E-state index contributed by atoms with van der Waals surface area (Å²) in [7, 11) is 0. The second-order valence-corrected chi connectivity index (χ2v) is 7.67. The van der Waals surface area contributed by atoms with Gasteiger partial charge in [-0.3, -0.25) is 9.59 Å². The van der Waals surface area contributed by atoms with Crippen molar-refractivity contribution < 1.29 is 24.2 Å². The van der Waals surface area contributed by atoms with Gasteiger partial charge < -0.3 is 15.2 Å². The predicted octanol–water partition coefficient (Wildman–Crippen LogP) is 3.76. The molecule has 0 aromatic carbocycles. The molecule has 1 heterocycles. The quantitative estimate of drug-likeness (QED) is 0.747. The molecule has 6 nitrogen and oxygen atoms in total. The molecule has 0 bridgehead atoms. The molecular weight excluding hydrogens is 342 g/mol. The average Bonchev–Trinajstić information content (AvgIpc) is 2.86. The molecule has 1 amide bonds. The van der Waals surface area contributed by atoms with Gasteiger partial charge in [0.25, 0.3) is 0 Å². The number of carbonyl (C=O) groups excluding carboxylic acids is 2. The number of hydrogen-bond donors (Lipinski definition) is 2. The van der Waals surface area contributed by atoms with Gasteiger partial charge in [-0.1, -0.05) is 19.8 Å². The van der Waals surface area contributed by atoms with Crippen LogP contribution in [0.2, 0.25) is 0 Å². The van der Waals surface area contributed by atoms with Crippen LogP contribution in [0, 0.1) is 25.7 Å². The number of hydrogen-bond acceptors (Lipinski definition) is 5. The van der Waals surface area contributed by atoms with Gasteiger partial charge in [0.15, 0.2) is 0 Å². The highest BCUT2D eigenvalue weighted by Gasteiger charge is 2.36. The molecule has 2 N–H and O–H groups in total. The van der Waals surface area contributed by atoms with Gasteiger partial charge in [-0.05, 0) is 38.7 Å². The molecule has 0 spiro atoms. The third-order valence-corrected chi connectivity index (χ3v) is 5.81. The second-order valence-electron chi connectivity index (χ2n) is 6.45. The number of nitrogens with one attached hydrogen (secondary N) is 1. The lowest BCUT2D eigenvalue weighted by atomic mass is 9.79. The number of carboxylic acid groups (broad SMARTS) is 1. The Bertz CT molecular complexity index is 667. The van der Waals surface area contributed by atoms with Crippen LogP contribution < -0.4 is 5.32 Å². The Labute approximate surface area is 151 Å². The fraction of sp³-hybridized carbons (Fsp3) is 0.611. The lowest BCUT2D eigenvalue weighted by Gasteiger charge is -2.27. The van der Waals surface area contributed by atoms with Crippen LogP contribution in [-0.4, -0.2) is 29.6 Å². The fourth-order valence-electron chi connectivity index (χ4n) is 3.17. The Kier molecular flexibility index (Phi) is 6.58. The van der Waals surface area contributed by atoms with Gasteiger partial charge in [0.05, 0.1) is 24.0 Å². The van der Waals surface area contributed by atoms with Crippen molar-refractivity contribution >= 4 is 34.2 Å². The van der Waals surface area contributed by atoms with E-state index in [4.69, 9.17) is 4.74 Å². The second kappa shape index (κ2) is 8.47. The van der Waals surface area contributed by atoms with Crippen LogP contribution in [0.1, 0.15) is 59.8 Å². The summed E-state index contributed by atoms with van der Waals surface area (Å²) in [5.74, 6) is -2.92. The van der Waals surface area contributed by atoms with Gasteiger partial charge in [0.1, 0.15) is 5.00 Å². The van der Waals surface area contributed by atoms with Gasteiger partial charge in [-0.25, -0.2) is 4.79 Å². The van der Waals surface area contributed by atoms with E-state index in [1.54, 1.807) is 0 Å². The maximum Gasteiger partial charge on any atom is 0.341 e. The van der Waals surface area contributed by atoms with Gasteiger partial charge in [-0.15, -0.1) is 11.3 Å². The molecule has 1 aromatic rings. The monoisotopic (exact) mass is 367 g/mol. The number of thiophene rings is 1. The smallest absolute Gasteiger partial charge is 0.341 e. The summed E-state index contributed by atoms with van der Waals surface area (Å²) in [6.07, 6.45) is 3.46. The van der Waals surface area contributed by atoms with Crippen molar-refractivity contribution in [3.05, 3.63) is 16.0 Å². The third-order valence-electron chi connectivity index (χ3n) is 4.68. The molecule has 2 atom stereocenters. The molecule has 7 heteroatoms. The van der Waals surface area contributed by atoms with Crippen molar-refractivity contribution in [2.24, 2.45) is 11.8 Å². The van der Waals surface area contributed by atoms with Crippen LogP contribution in [0.25, 0.3) is 0 Å². The highest BCUT2D eigenvalue weighted by Crippen LogP contribution is 2.36. The van der Waals surface area contributed by atoms with Gasteiger partial charge >= 0.3 is 11.9 Å². The molecule has 0 radical (unpaired) electrons. The first kappa shape index (κ1) is 19.4. The van der Waals surface area contributed by atoms with Crippen LogP contribution >= 0.6 is 11.3 Å². The zero-order valence-corrected chi connectivity index (χ0v) is 15.7. The van der Waals surface area contributed by atoms with E-state index in [2.05, 4.69) is 5.32 Å². The first-order valence-electron chi connectivity index (χ1n) is 8.67. The van der Waals surface area contributed by atoms with E-state index in [9.17, 15) is 19.5 Å². The zero-order chi connectivity index (χ0) is 18.6. The topological polar surface area (TPSA) is 92.7 Å². The predicted molar refractivity (Wildman–Crippen MR) is 96.1 cm³/mol. The number of aliphatic carboxylic acids is 1. The summed E-state index contributed by atoms with van der Waals surface area (Å²) in [5.41, 5.74) is 1.17. The Hall–Kier alpha value is -1.89. The fourth-order valence-corrected chi connectivity index (χ4v) is 4.22. The standard InChI is InChI=1S/C18H25NO5S/c1-4-9-24-18(23)14-10(2)11(3)25-16(14)19-15(20)12-7-5-6-8-13(12)17(21)22/h12-13H,4-9H2,1-3H3,(H,19,20)(H,21,22)/t12-,13-/m1/s1. The van der Waals surface area contributed by atoms with Gasteiger partial charge in [-0.2, -0.15) is 0 Å². The summed E-state index contributed by atoms with van der Waals surface area (Å²) in [6, 6.07) is 0. The van der Waals surface area contributed by atoms with Gasteiger partial charge in [0, 0.05) is 4.88 Å². The highest BCUT2D eigenvalue weighted by molar-refractivity contribution is 7.16. The summed E-state index contributed by atoms with van der Waals surface area (Å²) >= 11 is 1.32. The third kappa shape index (κ3) is 4.39. The van der Waals surface area contributed by atoms with E-state index < -0.39 is 23.8 Å². The molecule has 1 aliphatic carbocycles. The molecule has 0 unspecified atom stereocenters. The van der Waals surface area contributed by atoms with E-state index in [0.29, 0.717) is 30.0 Å². The van der Waals surface area contributed by atoms with Crippen LogP contribution in [0.5, 0.6) is 0 Å². The van der Waals surface area contributed by atoms with Crippen LogP contribution in [0.3, 0.4) is 0 Å². The summed E-state index contributed by atoms with van der Waals surface area (Å²) in [4.78, 5) is 37.3. The number of carbonyl (C=O) groups is 3. The average molecular weight is 367 g/mol. The lowest BCUT2D eigenvalue weighted by molar-refractivity contribution is -0.147. The van der Waals surface area contributed by atoms with E-state index in [0.717, 1.165) is 29.7 Å². The summed E-state index contributed by atoms with van der Waals surface area (Å²) in [5, 5.41) is 12.6. The van der Waals surface area contributed by atoms with Crippen molar-refractivity contribution in [2.75, 3.05) is 11.9 Å². The van der Waals surface area contributed by atoms with E-state index in [-0.39, 0.29) is 5.91 Å². The Balaban J connectivity index is 2.21. The molecule has 1 aliphatic rings. The summed E-state index contributed by atoms with van der Waals surface area (Å²) in [6.45, 7) is 5.94. The summed E-state index contributed by atoms with van der Waals surface area (Å²) < 4.78 is 5.22. The number of anilines is 1. The van der Waals surface area contributed by atoms with Crippen molar-refractivity contribution in [2.45, 2.75) is 52.9 Å². The Morgan fingerprint density at radius 3 is 2.44 bits per heavy atom. The van der Waals surface area contributed by atoms with Gasteiger partial charge in [0.2, 0.25) is 5.91 Å². The zero-order valence-electron chi connectivity index (χ0n) is 14.9. The van der Waals surface area contributed by atoms with Crippen LogP contribution in [0.4, 0.5) is 5.00 Å². The Morgan fingerprint density at radius 1 is 1.20 bits per heavy atom. The SMILES string of the molecule is CCCOC(=O)c1c(NC(=O)[C@@H]2CCCC[C@H]2C(=O)O)sc(C)c1C. The van der Waals surface area contributed by atoms with E-state index >= 15 is 0 Å². The first-order valence-corrected chi connectivity index (χ1v) is 9.49. The molecule has 2 rings (SSSR count). The molecule has 25 heavy (non-hydrogen) atoms. The normalized spacial score (nSPS) is 20.1. The molecule has 1 saturated carbocycles. The van der Waals surface area contributed by atoms with Crippen molar-refractivity contribution in [1.82, 2.24) is 0 Å². The highest BCUT2D eigenvalue weighted by atomic mass is 32.1. The minimum Gasteiger partial charge on any atom is -0.481 e. The van der Waals surface area contributed by atoms with E-state index in [1.807, 2.05) is 20.8 Å². The molecule has 1 aromatic heterocycles. The molecule has 0 aliphatic heterocycles. The molecule has 0 saturated heterocycles. The van der Waals surface area contributed by atoms with Crippen LogP contribution in [-0.2, 0) is 14.3 Å². The maximum atomic E-state index is 12.7. The largest absolute Gasteiger partial charge is 0.481 e. The van der Waals surface area contributed by atoms with Crippen molar-refractivity contribution in [3.63, 3.8) is 0 Å². The number of carboxylic acids is 1. The number of amides is 1. The minimum absolute atomic E-state index is 0.321. The van der Waals surface area contributed by atoms with Crippen LogP contribution in [0.15, 0.2) is 0 Å². The number of ether oxygens (including phenoxy) is 1.